The van der Waals surface area contributed by atoms with Crippen LogP contribution in [0.15, 0.2) is 67.4 Å². The van der Waals surface area contributed by atoms with E-state index in [1.165, 1.54) is 0 Å². The van der Waals surface area contributed by atoms with Crippen LogP contribution < -0.4 is 4.74 Å². The summed E-state index contributed by atoms with van der Waals surface area (Å²) in [7, 11) is 1.66. The molecule has 1 aromatic carbocycles. The van der Waals surface area contributed by atoms with Crippen LogP contribution in [0.25, 0.3) is 23.0 Å². The summed E-state index contributed by atoms with van der Waals surface area (Å²) >= 11 is 0. The number of hydrogen-bond acceptors (Lipinski definition) is 4. The summed E-state index contributed by atoms with van der Waals surface area (Å²) in [6, 6.07) is 11.8. The fourth-order valence-electron chi connectivity index (χ4n) is 2.70. The fourth-order valence-corrected chi connectivity index (χ4v) is 2.70. The summed E-state index contributed by atoms with van der Waals surface area (Å²) < 4.78 is 9.21. The molecule has 3 aromatic heterocycles. The lowest BCUT2D eigenvalue weighted by atomic mass is 10.3. The maximum Gasteiger partial charge on any atom is 0.181 e. The van der Waals surface area contributed by atoms with E-state index in [1.54, 1.807) is 19.5 Å². The van der Waals surface area contributed by atoms with Crippen LogP contribution in [0.4, 0.5) is 0 Å². The molecule has 6 nitrogen and oxygen atoms in total. The van der Waals surface area contributed by atoms with Crippen LogP contribution in [-0.4, -0.2) is 31.2 Å². The Hall–Kier alpha value is -3.41. The second-order valence-corrected chi connectivity index (χ2v) is 5.60. The highest BCUT2D eigenvalue weighted by atomic mass is 16.5. The van der Waals surface area contributed by atoms with Crippen LogP contribution in [0.3, 0.4) is 0 Å². The Kier molecular flexibility index (Phi) is 3.78. The Balaban J connectivity index is 1.78. The number of imidazole rings is 2. The molecule has 124 valence electrons. The third-order valence-electron chi connectivity index (χ3n) is 4.01. The third kappa shape index (κ3) is 2.78. The number of nitrogens with zero attached hydrogens (tertiary/aromatic N) is 5. The Morgan fingerprint density at radius 2 is 1.36 bits per heavy atom. The lowest BCUT2D eigenvalue weighted by Crippen LogP contribution is -2.03. The average molecular weight is 331 g/mol. The minimum absolute atomic E-state index is 0.756. The van der Waals surface area contributed by atoms with Crippen molar-refractivity contribution in [1.82, 2.24) is 24.1 Å². The van der Waals surface area contributed by atoms with Gasteiger partial charge in [0.05, 0.1) is 19.0 Å². The first-order valence-electron chi connectivity index (χ1n) is 7.91. The number of aryl methyl sites for hydroxylation is 1. The van der Waals surface area contributed by atoms with Gasteiger partial charge in [-0.05, 0) is 43.3 Å². The molecule has 4 aromatic rings. The SMILES string of the molecule is COc1ccc(-n2ccnc2-c2nccn2-c2ccc(C)nc2)cc1. The number of methoxy groups -OCH3 is 1. The van der Waals surface area contributed by atoms with E-state index in [9.17, 15) is 0 Å². The molecule has 25 heavy (non-hydrogen) atoms. The highest BCUT2D eigenvalue weighted by molar-refractivity contribution is 5.54. The molecule has 6 heteroatoms. The van der Waals surface area contributed by atoms with Crippen LogP contribution in [-0.2, 0) is 0 Å². The molecule has 0 spiro atoms. The Labute approximate surface area is 145 Å². The van der Waals surface area contributed by atoms with Crippen molar-refractivity contribution in [3.63, 3.8) is 0 Å². The summed E-state index contributed by atoms with van der Waals surface area (Å²) in [6.45, 7) is 1.97. The van der Waals surface area contributed by atoms with Crippen LogP contribution >= 0.6 is 0 Å². The zero-order valence-electron chi connectivity index (χ0n) is 14.0. The molecule has 0 N–H and O–H groups in total. The number of ether oxygens (including phenoxy) is 1. The molecule has 0 amide bonds. The lowest BCUT2D eigenvalue weighted by molar-refractivity contribution is 0.415. The molecule has 0 fully saturated rings. The van der Waals surface area contributed by atoms with Gasteiger partial charge in [-0.15, -0.1) is 0 Å². The molecule has 0 saturated heterocycles. The van der Waals surface area contributed by atoms with Gasteiger partial charge in [0.25, 0.3) is 0 Å². The summed E-state index contributed by atoms with van der Waals surface area (Å²) in [6.07, 6.45) is 9.20. The molecule has 0 saturated carbocycles. The first kappa shape index (κ1) is 15.1. The van der Waals surface area contributed by atoms with Crippen molar-refractivity contribution in [2.75, 3.05) is 7.11 Å². The number of hydrogen-bond donors (Lipinski definition) is 0. The van der Waals surface area contributed by atoms with E-state index in [1.807, 2.05) is 71.0 Å². The van der Waals surface area contributed by atoms with Crippen molar-refractivity contribution in [2.45, 2.75) is 6.92 Å². The van der Waals surface area contributed by atoms with Crippen molar-refractivity contribution in [1.29, 1.82) is 0 Å². The Bertz CT molecular complexity index is 983. The van der Waals surface area contributed by atoms with Crippen LogP contribution in [0, 0.1) is 6.92 Å². The summed E-state index contributed by atoms with van der Waals surface area (Å²) in [5, 5.41) is 0. The van der Waals surface area contributed by atoms with E-state index >= 15 is 0 Å². The first-order chi connectivity index (χ1) is 12.3. The Morgan fingerprint density at radius 1 is 0.760 bits per heavy atom. The van der Waals surface area contributed by atoms with Gasteiger partial charge in [-0.2, -0.15) is 0 Å². The summed E-state index contributed by atoms with van der Waals surface area (Å²) in [4.78, 5) is 13.4. The molecule has 0 radical (unpaired) electrons. The highest BCUT2D eigenvalue weighted by Crippen LogP contribution is 2.24. The third-order valence-corrected chi connectivity index (χ3v) is 4.01. The van der Waals surface area contributed by atoms with Crippen LogP contribution in [0.1, 0.15) is 5.69 Å². The van der Waals surface area contributed by atoms with Crippen LogP contribution in [0.2, 0.25) is 0 Å². The largest absolute Gasteiger partial charge is 0.497 e. The van der Waals surface area contributed by atoms with Gasteiger partial charge in [-0.1, -0.05) is 0 Å². The summed E-state index contributed by atoms with van der Waals surface area (Å²) in [5.74, 6) is 2.33. The van der Waals surface area contributed by atoms with E-state index in [2.05, 4.69) is 15.0 Å². The maximum atomic E-state index is 5.23. The zero-order valence-corrected chi connectivity index (χ0v) is 14.0. The second kappa shape index (κ2) is 6.24. The predicted molar refractivity (Wildman–Crippen MR) is 95.2 cm³/mol. The molecule has 0 aliphatic rings. The number of aromatic nitrogens is 5. The lowest BCUT2D eigenvalue weighted by Gasteiger charge is -2.11. The number of benzene rings is 1. The zero-order chi connectivity index (χ0) is 17.2. The molecule has 4 rings (SSSR count). The van der Waals surface area contributed by atoms with Gasteiger partial charge in [0.1, 0.15) is 5.75 Å². The average Bonchev–Trinajstić information content (AvgIpc) is 3.31. The van der Waals surface area contributed by atoms with Gasteiger partial charge in [-0.25, -0.2) is 9.97 Å². The van der Waals surface area contributed by atoms with Crippen LogP contribution in [0.5, 0.6) is 5.75 Å². The molecular weight excluding hydrogens is 314 g/mol. The van der Waals surface area contributed by atoms with E-state index in [0.29, 0.717) is 0 Å². The Morgan fingerprint density at radius 3 is 1.92 bits per heavy atom. The normalized spacial score (nSPS) is 10.8. The minimum atomic E-state index is 0.756. The smallest absolute Gasteiger partial charge is 0.181 e. The highest BCUT2D eigenvalue weighted by Gasteiger charge is 2.14. The minimum Gasteiger partial charge on any atom is -0.497 e. The molecule has 0 atom stereocenters. The van der Waals surface area contributed by atoms with E-state index in [4.69, 9.17) is 4.74 Å². The van der Waals surface area contributed by atoms with E-state index in [-0.39, 0.29) is 0 Å². The fraction of sp³-hybridized carbons (Fsp3) is 0.105. The second-order valence-electron chi connectivity index (χ2n) is 5.60. The van der Waals surface area contributed by atoms with Gasteiger partial charge in [-0.3, -0.25) is 14.1 Å². The summed E-state index contributed by atoms with van der Waals surface area (Å²) in [5.41, 5.74) is 2.91. The van der Waals surface area contributed by atoms with Gasteiger partial charge in [0, 0.05) is 36.2 Å². The van der Waals surface area contributed by atoms with Crippen molar-refractivity contribution in [2.24, 2.45) is 0 Å². The van der Waals surface area contributed by atoms with Gasteiger partial charge < -0.3 is 4.74 Å². The predicted octanol–water partition coefficient (Wildman–Crippen LogP) is 3.44. The van der Waals surface area contributed by atoms with Crippen molar-refractivity contribution in [3.8, 4) is 28.8 Å². The molecule has 0 aliphatic heterocycles. The molecule has 0 bridgehead atoms. The molecule has 0 aliphatic carbocycles. The number of rotatable bonds is 4. The quantitative estimate of drug-likeness (QED) is 0.575. The monoisotopic (exact) mass is 331 g/mol. The van der Waals surface area contributed by atoms with Gasteiger partial charge in [0.2, 0.25) is 0 Å². The standard InChI is InChI=1S/C19H17N5O/c1-14-3-4-16(13-22-14)24-12-10-21-19(24)18-20-9-11-23(18)15-5-7-17(25-2)8-6-15/h3-13H,1-2H3. The first-order valence-corrected chi connectivity index (χ1v) is 7.91. The molecular formula is C19H17N5O. The van der Waals surface area contributed by atoms with Gasteiger partial charge in [0.15, 0.2) is 11.6 Å². The molecule has 3 heterocycles. The number of pyridine rings is 1. The van der Waals surface area contributed by atoms with Crippen molar-refractivity contribution >= 4 is 0 Å². The maximum absolute atomic E-state index is 5.23. The van der Waals surface area contributed by atoms with Crippen molar-refractivity contribution < 1.29 is 4.74 Å². The van der Waals surface area contributed by atoms with Gasteiger partial charge >= 0.3 is 0 Å². The molecule has 0 unspecified atom stereocenters. The van der Waals surface area contributed by atoms with E-state index < -0.39 is 0 Å². The topological polar surface area (TPSA) is 57.8 Å². The van der Waals surface area contributed by atoms with E-state index in [0.717, 1.165) is 34.5 Å². The van der Waals surface area contributed by atoms with Crippen molar-refractivity contribution in [3.05, 3.63) is 73.1 Å².